The molecule has 3 rings (SSSR count). The number of aromatic nitrogens is 4. The van der Waals surface area contributed by atoms with Crippen LogP contribution in [-0.2, 0) is 4.79 Å². The molecule has 0 saturated heterocycles. The zero-order valence-electron chi connectivity index (χ0n) is 14.6. The van der Waals surface area contributed by atoms with Crippen molar-refractivity contribution in [3.63, 3.8) is 0 Å². The summed E-state index contributed by atoms with van der Waals surface area (Å²) in [7, 11) is 4.56. The number of anilines is 1. The summed E-state index contributed by atoms with van der Waals surface area (Å²) in [6.45, 7) is 0. The number of amides is 1. The molecule has 27 heavy (non-hydrogen) atoms. The van der Waals surface area contributed by atoms with Gasteiger partial charge in [-0.25, -0.2) is 0 Å². The second-order valence-electron chi connectivity index (χ2n) is 4.87. The van der Waals surface area contributed by atoms with E-state index in [1.165, 1.54) is 38.2 Å². The third-order valence-corrected chi connectivity index (χ3v) is 4.68. The van der Waals surface area contributed by atoms with Gasteiger partial charge in [-0.15, -0.1) is 20.4 Å². The zero-order chi connectivity index (χ0) is 19.2. The van der Waals surface area contributed by atoms with E-state index in [9.17, 15) is 4.79 Å². The Morgan fingerprint density at radius 1 is 1.15 bits per heavy atom. The number of carbonyl (C=O) groups is 1. The Balaban J connectivity index is 1.71. The van der Waals surface area contributed by atoms with E-state index in [0.717, 1.165) is 11.8 Å². The first-order chi connectivity index (χ1) is 13.1. The zero-order valence-corrected chi connectivity index (χ0v) is 16.2. The first-order valence-electron chi connectivity index (χ1n) is 7.47. The molecule has 0 bridgehead atoms. The molecular weight excluding hydrogens is 394 g/mol. The van der Waals surface area contributed by atoms with Gasteiger partial charge in [0.2, 0.25) is 22.7 Å². The molecule has 0 aliphatic heterocycles. The number of hydrogen-bond acceptors (Lipinski definition) is 11. The number of thioether (sulfide) groups is 1. The van der Waals surface area contributed by atoms with Crippen molar-refractivity contribution < 1.29 is 23.4 Å². The van der Waals surface area contributed by atoms with Gasteiger partial charge in [0.15, 0.2) is 11.5 Å². The summed E-state index contributed by atoms with van der Waals surface area (Å²) < 4.78 is 21.5. The average Bonchev–Trinajstić information content (AvgIpc) is 3.37. The van der Waals surface area contributed by atoms with E-state index in [-0.39, 0.29) is 22.8 Å². The van der Waals surface area contributed by atoms with Crippen LogP contribution in [0.25, 0.3) is 11.5 Å². The molecule has 0 atom stereocenters. The van der Waals surface area contributed by atoms with Crippen LogP contribution in [0.5, 0.6) is 17.2 Å². The molecule has 0 saturated carbocycles. The maximum atomic E-state index is 11.9. The van der Waals surface area contributed by atoms with Gasteiger partial charge in [-0.05, 0) is 12.1 Å². The highest BCUT2D eigenvalue weighted by atomic mass is 32.2. The standard InChI is InChI=1S/C15H15N5O5S2/c1-22-9-4-8(5-10(23-2)12(9)24-3)13-18-20-15(25-13)26-6-11(21)17-14-19-16-7-27-14/h4-5,7H,6H2,1-3H3,(H,17,19,21). The first kappa shape index (κ1) is 18.9. The molecule has 1 amide bonds. The van der Waals surface area contributed by atoms with Crippen LogP contribution < -0.4 is 19.5 Å². The van der Waals surface area contributed by atoms with Gasteiger partial charge in [0.1, 0.15) is 5.51 Å². The monoisotopic (exact) mass is 409 g/mol. The van der Waals surface area contributed by atoms with Gasteiger partial charge in [-0.3, -0.25) is 10.1 Å². The molecular formula is C15H15N5O5S2. The predicted octanol–water partition coefficient (Wildman–Crippen LogP) is 2.34. The van der Waals surface area contributed by atoms with Gasteiger partial charge >= 0.3 is 0 Å². The van der Waals surface area contributed by atoms with Crippen LogP contribution in [0.15, 0.2) is 27.3 Å². The summed E-state index contributed by atoms with van der Waals surface area (Å²) in [6, 6.07) is 3.40. The number of benzene rings is 1. The minimum absolute atomic E-state index is 0.0937. The largest absolute Gasteiger partial charge is 0.493 e. The first-order valence-corrected chi connectivity index (χ1v) is 9.33. The fourth-order valence-electron chi connectivity index (χ4n) is 2.10. The lowest BCUT2D eigenvalue weighted by atomic mass is 10.2. The fraction of sp³-hybridized carbons (Fsp3) is 0.267. The van der Waals surface area contributed by atoms with E-state index in [4.69, 9.17) is 18.6 Å². The Bertz CT molecular complexity index is 890. The van der Waals surface area contributed by atoms with Crippen LogP contribution >= 0.6 is 23.1 Å². The number of methoxy groups -OCH3 is 3. The molecule has 1 N–H and O–H groups in total. The lowest BCUT2D eigenvalue weighted by Crippen LogP contribution is -2.13. The van der Waals surface area contributed by atoms with E-state index in [1.807, 2.05) is 0 Å². The highest BCUT2D eigenvalue weighted by molar-refractivity contribution is 7.99. The molecule has 10 nitrogen and oxygen atoms in total. The van der Waals surface area contributed by atoms with Gasteiger partial charge in [0, 0.05) is 5.56 Å². The summed E-state index contributed by atoms with van der Waals surface area (Å²) in [5.41, 5.74) is 2.13. The molecule has 142 valence electrons. The fourth-order valence-corrected chi connectivity index (χ4v) is 3.12. The number of carbonyl (C=O) groups excluding carboxylic acids is 1. The Labute approximate surface area is 162 Å². The smallest absolute Gasteiger partial charge is 0.277 e. The number of nitrogens with one attached hydrogen (secondary N) is 1. The summed E-state index contributed by atoms with van der Waals surface area (Å²) in [5, 5.41) is 18.7. The molecule has 0 radical (unpaired) electrons. The molecule has 0 aliphatic carbocycles. The number of nitrogens with zero attached hydrogens (tertiary/aromatic N) is 4. The Morgan fingerprint density at radius 3 is 2.48 bits per heavy atom. The number of hydrogen-bond donors (Lipinski definition) is 1. The molecule has 0 aliphatic rings. The second-order valence-corrected chi connectivity index (χ2v) is 6.63. The highest BCUT2D eigenvalue weighted by Gasteiger charge is 2.18. The van der Waals surface area contributed by atoms with Crippen molar-refractivity contribution in [2.75, 3.05) is 32.4 Å². The Kier molecular flexibility index (Phi) is 6.08. The van der Waals surface area contributed by atoms with Crippen LogP contribution in [-0.4, -0.2) is 53.4 Å². The van der Waals surface area contributed by atoms with Gasteiger partial charge in [0.05, 0.1) is 27.1 Å². The Hall–Kier alpha value is -2.86. The van der Waals surface area contributed by atoms with Crippen LogP contribution in [0, 0.1) is 0 Å². The van der Waals surface area contributed by atoms with E-state index in [0.29, 0.717) is 27.9 Å². The third kappa shape index (κ3) is 4.46. The van der Waals surface area contributed by atoms with Crippen molar-refractivity contribution in [2.24, 2.45) is 0 Å². The number of ether oxygens (including phenoxy) is 3. The molecule has 1 aromatic carbocycles. The van der Waals surface area contributed by atoms with Crippen molar-refractivity contribution >= 4 is 34.1 Å². The maximum absolute atomic E-state index is 11.9. The third-order valence-electron chi connectivity index (χ3n) is 3.25. The Morgan fingerprint density at radius 2 is 1.89 bits per heavy atom. The summed E-state index contributed by atoms with van der Waals surface area (Å²) in [5.74, 6) is 1.51. The topological polar surface area (TPSA) is 121 Å². The van der Waals surface area contributed by atoms with E-state index in [2.05, 4.69) is 25.7 Å². The highest BCUT2D eigenvalue weighted by Crippen LogP contribution is 2.41. The molecule has 0 unspecified atom stereocenters. The van der Waals surface area contributed by atoms with Gasteiger partial charge in [0.25, 0.3) is 5.22 Å². The molecule has 0 spiro atoms. The average molecular weight is 409 g/mol. The molecule has 3 aromatic rings. The minimum atomic E-state index is -0.246. The van der Waals surface area contributed by atoms with Gasteiger partial charge in [-0.1, -0.05) is 23.1 Å². The van der Waals surface area contributed by atoms with Crippen LogP contribution in [0.2, 0.25) is 0 Å². The van der Waals surface area contributed by atoms with Crippen LogP contribution in [0.1, 0.15) is 0 Å². The lowest BCUT2D eigenvalue weighted by molar-refractivity contribution is -0.113. The maximum Gasteiger partial charge on any atom is 0.277 e. The van der Waals surface area contributed by atoms with Crippen molar-refractivity contribution in [3.05, 3.63) is 17.6 Å². The second kappa shape index (κ2) is 8.68. The minimum Gasteiger partial charge on any atom is -0.493 e. The van der Waals surface area contributed by atoms with E-state index >= 15 is 0 Å². The van der Waals surface area contributed by atoms with Crippen LogP contribution in [0.3, 0.4) is 0 Å². The van der Waals surface area contributed by atoms with Crippen molar-refractivity contribution in [3.8, 4) is 28.7 Å². The van der Waals surface area contributed by atoms with Crippen molar-refractivity contribution in [1.29, 1.82) is 0 Å². The normalized spacial score (nSPS) is 10.5. The van der Waals surface area contributed by atoms with Crippen LogP contribution in [0.4, 0.5) is 5.13 Å². The van der Waals surface area contributed by atoms with E-state index in [1.54, 1.807) is 12.1 Å². The molecule has 12 heteroatoms. The van der Waals surface area contributed by atoms with E-state index < -0.39 is 0 Å². The van der Waals surface area contributed by atoms with Gasteiger partial charge < -0.3 is 18.6 Å². The summed E-state index contributed by atoms with van der Waals surface area (Å²) in [4.78, 5) is 11.9. The van der Waals surface area contributed by atoms with Gasteiger partial charge in [-0.2, -0.15) is 0 Å². The molecule has 2 aromatic heterocycles. The summed E-state index contributed by atoms with van der Waals surface area (Å²) in [6.07, 6.45) is 0. The lowest BCUT2D eigenvalue weighted by Gasteiger charge is -2.12. The van der Waals surface area contributed by atoms with Crippen molar-refractivity contribution in [2.45, 2.75) is 5.22 Å². The quantitative estimate of drug-likeness (QED) is 0.555. The van der Waals surface area contributed by atoms with Crippen molar-refractivity contribution in [1.82, 2.24) is 20.4 Å². The summed E-state index contributed by atoms with van der Waals surface area (Å²) >= 11 is 2.35. The predicted molar refractivity (Wildman–Crippen MR) is 98.7 cm³/mol. The number of rotatable bonds is 8. The molecule has 0 fully saturated rings. The molecule has 2 heterocycles. The SMILES string of the molecule is COc1cc(-c2nnc(SCC(=O)Nc3nncs3)o2)cc(OC)c1OC.